The predicted molar refractivity (Wildman–Crippen MR) is 126 cm³/mol. The quantitative estimate of drug-likeness (QED) is 0.499. The molecule has 0 bridgehead atoms. The molecule has 0 saturated carbocycles. The van der Waals surface area contributed by atoms with Crippen LogP contribution in [0.4, 0.5) is 21.5 Å². The summed E-state index contributed by atoms with van der Waals surface area (Å²) in [6.07, 6.45) is 4.37. The Kier molecular flexibility index (Phi) is 6.35. The maximum Gasteiger partial charge on any atom is 0.150 e. The van der Waals surface area contributed by atoms with Gasteiger partial charge >= 0.3 is 0 Å². The van der Waals surface area contributed by atoms with Crippen LogP contribution in [-0.2, 0) is 0 Å². The highest BCUT2D eigenvalue weighted by Gasteiger charge is 2.24. The van der Waals surface area contributed by atoms with Crippen molar-refractivity contribution in [2.24, 2.45) is 4.99 Å². The number of hydrogen-bond acceptors (Lipinski definition) is 5. The summed E-state index contributed by atoms with van der Waals surface area (Å²) in [6.45, 7) is 13.1. The van der Waals surface area contributed by atoms with Gasteiger partial charge in [0.15, 0.2) is 0 Å². The third-order valence-corrected chi connectivity index (χ3v) is 6.28. The van der Waals surface area contributed by atoms with Crippen LogP contribution in [0, 0.1) is 5.82 Å². The molecule has 0 atom stereocenters. The maximum absolute atomic E-state index is 14.4. The maximum atomic E-state index is 14.4. The molecule has 6 heteroatoms. The van der Waals surface area contributed by atoms with Gasteiger partial charge in [0.2, 0.25) is 0 Å². The van der Waals surface area contributed by atoms with Crippen LogP contribution in [0.15, 0.2) is 48.0 Å². The van der Waals surface area contributed by atoms with Crippen LogP contribution in [-0.4, -0.2) is 57.2 Å². The molecule has 2 fully saturated rings. The smallest absolute Gasteiger partial charge is 0.150 e. The van der Waals surface area contributed by atoms with E-state index < -0.39 is 0 Å². The van der Waals surface area contributed by atoms with E-state index >= 15 is 0 Å². The number of carbonyl (C=O) groups excluding carboxylic acids is 1. The van der Waals surface area contributed by atoms with Crippen LogP contribution in [0.25, 0.3) is 5.70 Å². The fourth-order valence-electron chi connectivity index (χ4n) is 4.50. The molecule has 2 aromatic carbocycles. The fraction of sp³-hybridized carbons (Fsp3) is 0.360. The first-order valence-electron chi connectivity index (χ1n) is 10.9. The van der Waals surface area contributed by atoms with Gasteiger partial charge in [0, 0.05) is 61.8 Å². The summed E-state index contributed by atoms with van der Waals surface area (Å²) in [5, 5.41) is 0. The Balaban J connectivity index is 1.50. The Morgan fingerprint density at radius 3 is 2.23 bits per heavy atom. The van der Waals surface area contributed by atoms with Crippen molar-refractivity contribution < 1.29 is 9.18 Å². The van der Waals surface area contributed by atoms with E-state index in [2.05, 4.69) is 40.2 Å². The lowest BCUT2D eigenvalue weighted by Gasteiger charge is -2.39. The van der Waals surface area contributed by atoms with Gasteiger partial charge in [-0.25, -0.2) is 4.39 Å². The third-order valence-electron chi connectivity index (χ3n) is 6.28. The zero-order valence-electron chi connectivity index (χ0n) is 17.9. The normalized spacial score (nSPS) is 16.9. The Bertz CT molecular complexity index is 975. The van der Waals surface area contributed by atoms with Gasteiger partial charge in [-0.3, -0.25) is 9.79 Å². The van der Waals surface area contributed by atoms with Crippen LogP contribution in [0.5, 0.6) is 0 Å². The molecule has 4 rings (SSSR count). The monoisotopic (exact) mass is 420 g/mol. The van der Waals surface area contributed by atoms with Crippen LogP contribution < -0.4 is 9.80 Å². The van der Waals surface area contributed by atoms with E-state index in [0.717, 1.165) is 43.1 Å². The van der Waals surface area contributed by atoms with Gasteiger partial charge in [0.05, 0.1) is 11.4 Å². The number of rotatable bonds is 6. The highest BCUT2D eigenvalue weighted by Crippen LogP contribution is 2.34. The molecule has 2 heterocycles. The predicted octanol–water partition coefficient (Wildman–Crippen LogP) is 4.75. The molecule has 0 unspecified atom stereocenters. The topological polar surface area (TPSA) is 39.1 Å². The Labute approximate surface area is 183 Å². The first-order chi connectivity index (χ1) is 15.1. The minimum atomic E-state index is -0.353. The molecule has 5 nitrogen and oxygen atoms in total. The molecule has 31 heavy (non-hydrogen) atoms. The lowest BCUT2D eigenvalue weighted by molar-refractivity contribution is 0.112. The molecule has 0 amide bonds. The standard InChI is InChI=1S/C25H29FN4O/c1-19(22-17-21(27-2)7-9-24(22)29-10-4-3-5-11-29)28-12-14-30(15-13-28)25-8-6-20(18-31)16-23(25)26/h6-9,16-18H,1-5,10-15H2. The summed E-state index contributed by atoms with van der Waals surface area (Å²) < 4.78 is 14.4. The van der Waals surface area contributed by atoms with Crippen molar-refractivity contribution in [3.8, 4) is 0 Å². The molecular formula is C25H29FN4O. The third kappa shape index (κ3) is 4.48. The second-order valence-electron chi connectivity index (χ2n) is 8.16. The van der Waals surface area contributed by atoms with Gasteiger partial charge < -0.3 is 14.7 Å². The van der Waals surface area contributed by atoms with E-state index in [1.54, 1.807) is 12.1 Å². The first kappa shape index (κ1) is 21.1. The summed E-state index contributed by atoms with van der Waals surface area (Å²) >= 11 is 0. The number of anilines is 2. The summed E-state index contributed by atoms with van der Waals surface area (Å²) in [6, 6.07) is 10.9. The molecule has 0 spiro atoms. The van der Waals surface area contributed by atoms with Crippen molar-refractivity contribution in [3.63, 3.8) is 0 Å². The molecule has 0 aromatic heterocycles. The fourth-order valence-corrected chi connectivity index (χ4v) is 4.50. The van der Waals surface area contributed by atoms with E-state index in [1.165, 1.54) is 31.0 Å². The Morgan fingerprint density at radius 1 is 0.903 bits per heavy atom. The number of benzene rings is 2. The van der Waals surface area contributed by atoms with Gasteiger partial charge in [0.25, 0.3) is 0 Å². The number of nitrogens with zero attached hydrogens (tertiary/aromatic N) is 4. The van der Waals surface area contributed by atoms with E-state index in [-0.39, 0.29) is 5.82 Å². The van der Waals surface area contributed by atoms with E-state index in [9.17, 15) is 9.18 Å². The van der Waals surface area contributed by atoms with Gasteiger partial charge in [-0.15, -0.1) is 0 Å². The van der Waals surface area contributed by atoms with Crippen LogP contribution in [0.2, 0.25) is 0 Å². The van der Waals surface area contributed by atoms with Gasteiger partial charge in [-0.1, -0.05) is 6.58 Å². The summed E-state index contributed by atoms with van der Waals surface area (Å²) in [7, 11) is 0. The van der Waals surface area contributed by atoms with Crippen molar-refractivity contribution in [1.29, 1.82) is 0 Å². The van der Waals surface area contributed by atoms with Crippen molar-refractivity contribution >= 4 is 35.8 Å². The number of aldehydes is 1. The number of piperidine rings is 1. The van der Waals surface area contributed by atoms with E-state index in [0.29, 0.717) is 30.6 Å². The Hall–Kier alpha value is -3.15. The minimum absolute atomic E-state index is 0.353. The second kappa shape index (κ2) is 9.33. The van der Waals surface area contributed by atoms with E-state index in [1.807, 2.05) is 11.0 Å². The average molecular weight is 421 g/mol. The van der Waals surface area contributed by atoms with E-state index in [4.69, 9.17) is 0 Å². The number of carbonyl (C=O) groups is 1. The Morgan fingerprint density at radius 2 is 1.58 bits per heavy atom. The van der Waals surface area contributed by atoms with Crippen LogP contribution in [0.1, 0.15) is 35.2 Å². The summed E-state index contributed by atoms with van der Waals surface area (Å²) in [5.74, 6) is -0.353. The van der Waals surface area contributed by atoms with Gasteiger partial charge in [-0.2, -0.15) is 0 Å². The average Bonchev–Trinajstić information content (AvgIpc) is 2.83. The molecule has 2 aromatic rings. The zero-order chi connectivity index (χ0) is 21.8. The molecule has 0 aliphatic carbocycles. The minimum Gasteiger partial charge on any atom is -0.371 e. The molecule has 2 aliphatic rings. The molecular weight excluding hydrogens is 391 g/mol. The van der Waals surface area contributed by atoms with Crippen molar-refractivity contribution in [3.05, 3.63) is 59.9 Å². The number of halogens is 1. The molecule has 0 radical (unpaired) electrons. The van der Waals surface area contributed by atoms with Crippen LogP contribution in [0.3, 0.4) is 0 Å². The highest BCUT2D eigenvalue weighted by atomic mass is 19.1. The molecule has 2 aliphatic heterocycles. The second-order valence-corrected chi connectivity index (χ2v) is 8.16. The summed E-state index contributed by atoms with van der Waals surface area (Å²) in [5.41, 5.74) is 5.02. The van der Waals surface area contributed by atoms with Crippen molar-refractivity contribution in [1.82, 2.24) is 4.90 Å². The number of piperazine rings is 1. The zero-order valence-corrected chi connectivity index (χ0v) is 17.9. The van der Waals surface area contributed by atoms with Crippen LogP contribution >= 0.6 is 0 Å². The SMILES string of the molecule is C=Nc1ccc(N2CCCCC2)c(C(=C)N2CCN(c3ccc(C=O)cc3F)CC2)c1. The summed E-state index contributed by atoms with van der Waals surface area (Å²) in [4.78, 5) is 21.7. The molecule has 0 N–H and O–H groups in total. The lowest BCUT2D eigenvalue weighted by atomic mass is 10.0. The van der Waals surface area contributed by atoms with Gasteiger partial charge in [0.1, 0.15) is 12.1 Å². The number of aliphatic imine (C=N–C) groups is 1. The lowest BCUT2D eigenvalue weighted by Crippen LogP contribution is -2.45. The first-order valence-corrected chi connectivity index (χ1v) is 10.9. The number of hydrogen-bond donors (Lipinski definition) is 0. The van der Waals surface area contributed by atoms with Crippen molar-refractivity contribution in [2.75, 3.05) is 49.1 Å². The highest BCUT2D eigenvalue weighted by molar-refractivity contribution is 5.78. The molecule has 2 saturated heterocycles. The van der Waals surface area contributed by atoms with Gasteiger partial charge in [-0.05, 0) is 62.4 Å². The van der Waals surface area contributed by atoms with Crippen molar-refractivity contribution in [2.45, 2.75) is 19.3 Å². The largest absolute Gasteiger partial charge is 0.371 e. The molecule has 162 valence electrons.